The zero-order valence-corrected chi connectivity index (χ0v) is 24.0. The summed E-state index contributed by atoms with van der Waals surface area (Å²) < 4.78 is 4.86. The molecule has 3 aliphatic heterocycles. The fourth-order valence-corrected chi connectivity index (χ4v) is 9.05. The molecule has 0 saturated carbocycles. The molecule has 3 fully saturated rings. The first-order valence-electron chi connectivity index (χ1n) is 14.2. The maximum absolute atomic E-state index is 14.6. The van der Waals surface area contributed by atoms with E-state index in [2.05, 4.69) is 20.1 Å². The van der Waals surface area contributed by atoms with Gasteiger partial charge in [-0.2, -0.15) is 0 Å². The summed E-state index contributed by atoms with van der Waals surface area (Å²) >= 11 is 1.63. The lowest BCUT2D eigenvalue weighted by Crippen LogP contribution is -2.59. The van der Waals surface area contributed by atoms with Crippen LogP contribution in [0.5, 0.6) is 0 Å². The largest absolute Gasteiger partial charge is 0.465 e. The fourth-order valence-electron chi connectivity index (χ4n) is 6.86. The van der Waals surface area contributed by atoms with Crippen molar-refractivity contribution in [1.29, 1.82) is 0 Å². The van der Waals surface area contributed by atoms with Gasteiger partial charge in [-0.3, -0.25) is 14.4 Å². The van der Waals surface area contributed by atoms with Gasteiger partial charge in [0, 0.05) is 17.8 Å². The van der Waals surface area contributed by atoms with E-state index < -0.39 is 28.7 Å². The second kappa shape index (κ2) is 12.7. The fraction of sp³-hybridized carbons (Fsp3) is 0.581. The number of amides is 2. The Balaban J connectivity index is 1.76. The van der Waals surface area contributed by atoms with E-state index in [0.717, 1.165) is 24.8 Å². The number of carbonyl (C=O) groups excluding carboxylic acids is 3. The normalized spacial score (nSPS) is 28.6. The van der Waals surface area contributed by atoms with Crippen molar-refractivity contribution in [2.24, 2.45) is 11.8 Å². The molecule has 0 radical (unpaired) electrons. The summed E-state index contributed by atoms with van der Waals surface area (Å²) in [6, 6.07) is 8.33. The Kier molecular flexibility index (Phi) is 9.60. The molecule has 2 bridgehead atoms. The van der Waals surface area contributed by atoms with E-state index in [4.69, 9.17) is 4.74 Å². The minimum absolute atomic E-state index is 0.0297. The second-order valence-electron chi connectivity index (χ2n) is 11.0. The summed E-state index contributed by atoms with van der Waals surface area (Å²) in [5, 5.41) is 10.5. The van der Waals surface area contributed by atoms with E-state index in [1.807, 2.05) is 42.2 Å². The lowest BCUT2D eigenvalue weighted by Gasteiger charge is -2.41. The van der Waals surface area contributed by atoms with Crippen molar-refractivity contribution >= 4 is 29.5 Å². The Morgan fingerprint density at radius 1 is 1.28 bits per heavy atom. The SMILES string of the molecule is C=CCCOC(=O)[C@@H]1[C@@H]2CCC3(S2)C(C(=O)N(CC=C)C(C)CCC)N([C@@H](CO)Cc2ccccc2)C(=O)[C@H]13. The van der Waals surface area contributed by atoms with Crippen LogP contribution in [0.25, 0.3) is 0 Å². The van der Waals surface area contributed by atoms with Crippen LogP contribution in [0.2, 0.25) is 0 Å². The second-order valence-corrected chi connectivity index (χ2v) is 12.6. The van der Waals surface area contributed by atoms with Crippen molar-refractivity contribution in [2.45, 2.75) is 80.5 Å². The number of thioether (sulfide) groups is 1. The number of hydrogen-bond acceptors (Lipinski definition) is 6. The summed E-state index contributed by atoms with van der Waals surface area (Å²) in [7, 11) is 0. The molecule has 212 valence electrons. The average Bonchev–Trinajstić information content (AvgIpc) is 3.58. The van der Waals surface area contributed by atoms with Gasteiger partial charge in [-0.15, -0.1) is 24.9 Å². The van der Waals surface area contributed by atoms with Gasteiger partial charge in [-0.1, -0.05) is 55.8 Å². The zero-order valence-electron chi connectivity index (χ0n) is 23.2. The molecule has 1 aromatic rings. The third-order valence-corrected chi connectivity index (χ3v) is 10.5. The Morgan fingerprint density at radius 2 is 2.03 bits per heavy atom. The average molecular weight is 555 g/mol. The molecule has 0 aliphatic carbocycles. The van der Waals surface area contributed by atoms with Crippen LogP contribution in [0.1, 0.15) is 51.5 Å². The van der Waals surface area contributed by atoms with Crippen molar-refractivity contribution in [3.8, 4) is 0 Å². The summed E-state index contributed by atoms with van der Waals surface area (Å²) in [5.74, 6) is -1.95. The highest BCUT2D eigenvalue weighted by Crippen LogP contribution is 2.67. The first-order chi connectivity index (χ1) is 18.8. The molecule has 8 heteroatoms. The van der Waals surface area contributed by atoms with Crippen LogP contribution in [-0.4, -0.2) is 80.6 Å². The van der Waals surface area contributed by atoms with Crippen molar-refractivity contribution in [1.82, 2.24) is 9.80 Å². The van der Waals surface area contributed by atoms with Crippen LogP contribution in [0.15, 0.2) is 55.6 Å². The van der Waals surface area contributed by atoms with Crippen LogP contribution in [0.4, 0.5) is 0 Å². The predicted molar refractivity (Wildman–Crippen MR) is 154 cm³/mol. The highest BCUT2D eigenvalue weighted by Gasteiger charge is 2.74. The minimum Gasteiger partial charge on any atom is -0.465 e. The van der Waals surface area contributed by atoms with E-state index in [0.29, 0.717) is 25.8 Å². The molecule has 3 heterocycles. The van der Waals surface area contributed by atoms with Gasteiger partial charge in [0.25, 0.3) is 0 Å². The van der Waals surface area contributed by atoms with E-state index in [-0.39, 0.29) is 42.3 Å². The Bertz CT molecular complexity index is 1060. The van der Waals surface area contributed by atoms with Crippen molar-refractivity contribution < 1.29 is 24.2 Å². The van der Waals surface area contributed by atoms with Gasteiger partial charge < -0.3 is 19.6 Å². The minimum atomic E-state index is -0.768. The van der Waals surface area contributed by atoms with Gasteiger partial charge in [-0.25, -0.2) is 0 Å². The molecule has 1 aromatic carbocycles. The lowest BCUT2D eigenvalue weighted by molar-refractivity contribution is -0.154. The number of rotatable bonds is 14. The van der Waals surface area contributed by atoms with Crippen LogP contribution < -0.4 is 0 Å². The number of benzene rings is 1. The molecule has 4 rings (SSSR count). The maximum atomic E-state index is 14.6. The summed E-state index contributed by atoms with van der Waals surface area (Å²) in [6.07, 6.45) is 7.57. The zero-order chi connectivity index (χ0) is 28.2. The van der Waals surface area contributed by atoms with E-state index >= 15 is 0 Å². The van der Waals surface area contributed by atoms with Gasteiger partial charge in [0.05, 0.1) is 35.8 Å². The topological polar surface area (TPSA) is 87.2 Å². The number of ether oxygens (including phenoxy) is 1. The van der Waals surface area contributed by atoms with Crippen molar-refractivity contribution in [3.63, 3.8) is 0 Å². The van der Waals surface area contributed by atoms with Crippen molar-refractivity contribution in [3.05, 3.63) is 61.2 Å². The van der Waals surface area contributed by atoms with Crippen molar-refractivity contribution in [2.75, 3.05) is 19.8 Å². The number of fused-ring (bicyclic) bond motifs is 1. The molecular formula is C31H42N2O5S. The number of aliphatic hydroxyl groups excluding tert-OH is 1. The third kappa shape index (κ3) is 5.42. The van der Waals surface area contributed by atoms with Crippen LogP contribution in [0.3, 0.4) is 0 Å². The first kappa shape index (κ1) is 29.4. The molecule has 3 aliphatic rings. The lowest BCUT2D eigenvalue weighted by atomic mass is 9.71. The van der Waals surface area contributed by atoms with Crippen LogP contribution in [-0.2, 0) is 25.5 Å². The quantitative estimate of drug-likeness (QED) is 0.213. The molecule has 1 N–H and O–H groups in total. The van der Waals surface area contributed by atoms with E-state index in [1.165, 1.54) is 0 Å². The molecule has 7 atom stereocenters. The standard InChI is InChI=1S/C31H42N2O5S/c1-5-8-18-38-30(37)25-24-15-16-31(39-24)26(25)28(35)33(23(20-34)19-22-13-10-9-11-14-22)27(31)29(36)32(17-7-3)21(4)12-6-2/h5,7,9-11,13-14,21,23-27,34H,1,3,6,8,12,15-20H2,2,4H3/t21?,23-,24+,25-,26+,27?,31?/m1/s1. The number of carbonyl (C=O) groups is 3. The first-order valence-corrected chi connectivity index (χ1v) is 15.1. The number of nitrogens with zero attached hydrogens (tertiary/aromatic N) is 2. The van der Waals surface area contributed by atoms with Gasteiger partial charge >= 0.3 is 5.97 Å². The van der Waals surface area contributed by atoms with Crippen LogP contribution >= 0.6 is 11.8 Å². The molecule has 0 aromatic heterocycles. The summed E-state index contributed by atoms with van der Waals surface area (Å²) in [4.78, 5) is 45.8. The van der Waals surface area contributed by atoms with Gasteiger partial charge in [0.15, 0.2) is 0 Å². The summed E-state index contributed by atoms with van der Waals surface area (Å²) in [6.45, 7) is 12.0. The molecular weight excluding hydrogens is 512 g/mol. The molecule has 39 heavy (non-hydrogen) atoms. The molecule has 2 amide bonds. The number of esters is 1. The number of hydrogen-bond donors (Lipinski definition) is 1. The molecule has 1 spiro atoms. The highest BCUT2D eigenvalue weighted by atomic mass is 32.2. The summed E-state index contributed by atoms with van der Waals surface area (Å²) in [5.41, 5.74) is 0.977. The predicted octanol–water partition coefficient (Wildman–Crippen LogP) is 4.00. The Morgan fingerprint density at radius 3 is 2.67 bits per heavy atom. The Labute approximate surface area is 236 Å². The highest BCUT2D eigenvalue weighted by molar-refractivity contribution is 8.02. The maximum Gasteiger partial charge on any atom is 0.310 e. The smallest absolute Gasteiger partial charge is 0.310 e. The van der Waals surface area contributed by atoms with Gasteiger partial charge in [-0.05, 0) is 44.6 Å². The molecule has 3 saturated heterocycles. The molecule has 7 nitrogen and oxygen atoms in total. The van der Waals surface area contributed by atoms with E-state index in [9.17, 15) is 19.5 Å². The Hall–Kier alpha value is -2.58. The van der Waals surface area contributed by atoms with Gasteiger partial charge in [0.1, 0.15) is 6.04 Å². The monoisotopic (exact) mass is 554 g/mol. The van der Waals surface area contributed by atoms with Crippen LogP contribution in [0, 0.1) is 11.8 Å². The number of likely N-dealkylation sites (tertiary alicyclic amines) is 1. The third-order valence-electron chi connectivity index (χ3n) is 8.58. The molecule has 3 unspecified atom stereocenters. The number of aliphatic hydroxyl groups is 1. The van der Waals surface area contributed by atoms with E-state index in [1.54, 1.807) is 28.8 Å². The van der Waals surface area contributed by atoms with Gasteiger partial charge in [0.2, 0.25) is 11.8 Å².